The van der Waals surface area contributed by atoms with E-state index in [0.717, 1.165) is 5.56 Å². The van der Waals surface area contributed by atoms with Gasteiger partial charge in [-0.1, -0.05) is 12.2 Å². The van der Waals surface area contributed by atoms with Gasteiger partial charge in [0.15, 0.2) is 0 Å². The van der Waals surface area contributed by atoms with Crippen LogP contribution in [0.3, 0.4) is 0 Å². The maximum absolute atomic E-state index is 11.2. The zero-order valence-electron chi connectivity index (χ0n) is 9.10. The molecule has 0 aromatic carbocycles. The molecule has 0 radical (unpaired) electrons. The van der Waals surface area contributed by atoms with E-state index in [0.29, 0.717) is 17.8 Å². The van der Waals surface area contributed by atoms with Gasteiger partial charge in [0.2, 0.25) is 0 Å². The second-order valence-corrected chi connectivity index (χ2v) is 3.00. The molecule has 0 bridgehead atoms. The molecule has 0 saturated heterocycles. The van der Waals surface area contributed by atoms with E-state index in [4.69, 9.17) is 9.15 Å². The van der Waals surface area contributed by atoms with Crippen LogP contribution in [-0.4, -0.2) is 13.4 Å². The lowest BCUT2D eigenvalue weighted by atomic mass is 10.2. The molecule has 0 aliphatic heterocycles. The highest BCUT2D eigenvalue weighted by Gasteiger charge is 2.06. The predicted molar refractivity (Wildman–Crippen MR) is 60.5 cm³/mol. The number of hydrogen-bond acceptors (Lipinski definition) is 4. The Morgan fingerprint density at radius 3 is 2.69 bits per heavy atom. The molecular formula is C12H12O4. The quantitative estimate of drug-likeness (QED) is 0.440. The van der Waals surface area contributed by atoms with Crippen molar-refractivity contribution >= 4 is 12.4 Å². The van der Waals surface area contributed by atoms with E-state index in [9.17, 15) is 9.59 Å². The fraction of sp³-hybridized carbons (Fsp3) is 0.167. The summed E-state index contributed by atoms with van der Waals surface area (Å²) in [5.41, 5.74) is 0.263. The number of methoxy groups -OCH3 is 1. The molecule has 1 heterocycles. The topological polar surface area (TPSA) is 56.5 Å². The molecule has 0 N–H and O–H groups in total. The summed E-state index contributed by atoms with van der Waals surface area (Å²) >= 11 is 0. The predicted octanol–water partition coefficient (Wildman–Crippen LogP) is 1.73. The summed E-state index contributed by atoms with van der Waals surface area (Å²) in [6, 6.07) is 1.29. The van der Waals surface area contributed by atoms with Crippen LogP contribution in [0.1, 0.15) is 11.3 Å². The van der Waals surface area contributed by atoms with Gasteiger partial charge in [-0.05, 0) is 19.1 Å². The van der Waals surface area contributed by atoms with E-state index in [2.05, 4.69) is 0 Å². The van der Waals surface area contributed by atoms with Gasteiger partial charge in [0, 0.05) is 5.56 Å². The van der Waals surface area contributed by atoms with E-state index in [-0.39, 0.29) is 0 Å². The number of allylic oxidation sites excluding steroid dienone is 3. The standard InChI is InChI=1S/C12H12O4/c1-9-10(6-4-3-5-7-13)16-12(14)8-11(9)15-2/h3-8H,1-2H3. The van der Waals surface area contributed by atoms with Crippen molar-refractivity contribution in [1.82, 2.24) is 0 Å². The summed E-state index contributed by atoms with van der Waals surface area (Å²) in [7, 11) is 1.49. The SMILES string of the molecule is COc1cc(=O)oc(C=CC=CC=O)c1C. The molecule has 0 spiro atoms. The number of hydrogen-bond donors (Lipinski definition) is 0. The van der Waals surface area contributed by atoms with Crippen LogP contribution in [0, 0.1) is 6.92 Å². The van der Waals surface area contributed by atoms with Crippen molar-refractivity contribution in [3.05, 3.63) is 46.0 Å². The Hall–Kier alpha value is -2.10. The molecule has 1 aromatic rings. The van der Waals surface area contributed by atoms with Crippen molar-refractivity contribution in [2.24, 2.45) is 0 Å². The second-order valence-electron chi connectivity index (χ2n) is 3.00. The summed E-state index contributed by atoms with van der Waals surface area (Å²) in [6.07, 6.45) is 6.76. The normalized spacial score (nSPS) is 11.1. The monoisotopic (exact) mass is 220 g/mol. The van der Waals surface area contributed by atoms with E-state index in [1.54, 1.807) is 25.2 Å². The van der Waals surface area contributed by atoms with Gasteiger partial charge in [-0.15, -0.1) is 0 Å². The Labute approximate surface area is 92.8 Å². The fourth-order valence-corrected chi connectivity index (χ4v) is 1.17. The summed E-state index contributed by atoms with van der Waals surface area (Å²) in [5, 5.41) is 0. The van der Waals surface area contributed by atoms with Crippen molar-refractivity contribution < 1.29 is 13.9 Å². The van der Waals surface area contributed by atoms with Crippen molar-refractivity contribution in [1.29, 1.82) is 0 Å². The summed E-state index contributed by atoms with van der Waals surface area (Å²) in [4.78, 5) is 21.2. The van der Waals surface area contributed by atoms with Crippen LogP contribution >= 0.6 is 0 Å². The summed E-state index contributed by atoms with van der Waals surface area (Å²) < 4.78 is 10.0. The minimum absolute atomic E-state index is 0.417. The lowest BCUT2D eigenvalue weighted by Crippen LogP contribution is -2.02. The number of rotatable bonds is 4. The Kier molecular flexibility index (Phi) is 4.27. The van der Waals surface area contributed by atoms with Crippen LogP contribution in [0.4, 0.5) is 0 Å². The first-order valence-corrected chi connectivity index (χ1v) is 4.66. The zero-order chi connectivity index (χ0) is 12.0. The van der Waals surface area contributed by atoms with Crippen LogP contribution in [-0.2, 0) is 4.79 Å². The van der Waals surface area contributed by atoms with Crippen LogP contribution in [0.15, 0.2) is 33.5 Å². The van der Waals surface area contributed by atoms with Crippen LogP contribution in [0.25, 0.3) is 6.08 Å². The van der Waals surface area contributed by atoms with Gasteiger partial charge in [0.25, 0.3) is 0 Å². The number of ether oxygens (including phenoxy) is 1. The number of carbonyl (C=O) groups is 1. The third kappa shape index (κ3) is 2.95. The highest BCUT2D eigenvalue weighted by atomic mass is 16.5. The van der Waals surface area contributed by atoms with Gasteiger partial charge in [-0.3, -0.25) is 4.79 Å². The van der Waals surface area contributed by atoms with Gasteiger partial charge in [0.05, 0.1) is 13.2 Å². The van der Waals surface area contributed by atoms with Gasteiger partial charge in [0.1, 0.15) is 17.8 Å². The largest absolute Gasteiger partial charge is 0.496 e. The van der Waals surface area contributed by atoms with Gasteiger partial charge < -0.3 is 9.15 Å². The summed E-state index contributed by atoms with van der Waals surface area (Å²) in [5.74, 6) is 0.898. The fourth-order valence-electron chi connectivity index (χ4n) is 1.17. The molecule has 0 fully saturated rings. The molecule has 0 unspecified atom stereocenters. The van der Waals surface area contributed by atoms with Gasteiger partial charge in [-0.25, -0.2) is 4.79 Å². The maximum Gasteiger partial charge on any atom is 0.339 e. The van der Waals surface area contributed by atoms with Crippen molar-refractivity contribution in [2.75, 3.05) is 7.11 Å². The van der Waals surface area contributed by atoms with E-state index in [1.807, 2.05) is 0 Å². The first-order chi connectivity index (χ1) is 7.69. The minimum Gasteiger partial charge on any atom is -0.496 e. The molecule has 4 heteroatoms. The summed E-state index contributed by atoms with van der Waals surface area (Å²) in [6.45, 7) is 1.78. The molecule has 1 aromatic heterocycles. The third-order valence-electron chi connectivity index (χ3n) is 1.97. The highest BCUT2D eigenvalue weighted by molar-refractivity contribution is 5.66. The smallest absolute Gasteiger partial charge is 0.339 e. The molecule has 1 rings (SSSR count). The third-order valence-corrected chi connectivity index (χ3v) is 1.97. The van der Waals surface area contributed by atoms with E-state index >= 15 is 0 Å². The second kappa shape index (κ2) is 5.70. The Morgan fingerprint density at radius 1 is 1.31 bits per heavy atom. The molecular weight excluding hydrogens is 208 g/mol. The van der Waals surface area contributed by atoms with Crippen LogP contribution < -0.4 is 10.4 Å². The van der Waals surface area contributed by atoms with Crippen molar-refractivity contribution in [2.45, 2.75) is 6.92 Å². The molecule has 0 aliphatic carbocycles. The van der Waals surface area contributed by atoms with Crippen LogP contribution in [0.2, 0.25) is 0 Å². The Bertz CT molecular complexity index is 480. The molecule has 4 nitrogen and oxygen atoms in total. The average Bonchev–Trinajstić information content (AvgIpc) is 2.28. The Balaban J connectivity index is 3.08. The number of carbonyl (C=O) groups excluding carboxylic acids is 1. The average molecular weight is 220 g/mol. The number of aldehydes is 1. The van der Waals surface area contributed by atoms with Crippen molar-refractivity contribution in [3.8, 4) is 5.75 Å². The van der Waals surface area contributed by atoms with Crippen molar-refractivity contribution in [3.63, 3.8) is 0 Å². The van der Waals surface area contributed by atoms with Crippen LogP contribution in [0.5, 0.6) is 5.75 Å². The lowest BCUT2D eigenvalue weighted by molar-refractivity contribution is -0.104. The zero-order valence-corrected chi connectivity index (χ0v) is 9.10. The molecule has 0 saturated carbocycles. The molecule has 16 heavy (non-hydrogen) atoms. The maximum atomic E-state index is 11.2. The first-order valence-electron chi connectivity index (χ1n) is 4.66. The van der Waals surface area contributed by atoms with E-state index in [1.165, 1.54) is 19.3 Å². The van der Waals surface area contributed by atoms with E-state index < -0.39 is 5.63 Å². The minimum atomic E-state index is -0.471. The molecule has 84 valence electrons. The Morgan fingerprint density at radius 2 is 2.06 bits per heavy atom. The molecule has 0 aliphatic rings. The van der Waals surface area contributed by atoms with Gasteiger partial charge in [-0.2, -0.15) is 0 Å². The lowest BCUT2D eigenvalue weighted by Gasteiger charge is -2.04. The molecule has 0 amide bonds. The first kappa shape index (κ1) is 12.0. The molecule has 0 atom stereocenters. The highest BCUT2D eigenvalue weighted by Crippen LogP contribution is 2.19. The van der Waals surface area contributed by atoms with Gasteiger partial charge >= 0.3 is 5.63 Å².